The molecule has 180 valence electrons. The molecule has 0 aromatic heterocycles. The van der Waals surface area contributed by atoms with Crippen molar-refractivity contribution in [2.75, 3.05) is 77.4 Å². The van der Waals surface area contributed by atoms with Gasteiger partial charge in [0.25, 0.3) is 0 Å². The van der Waals surface area contributed by atoms with E-state index in [1.54, 1.807) is 0 Å². The summed E-state index contributed by atoms with van der Waals surface area (Å²) in [5, 5.41) is 21.3. The maximum atomic E-state index is 8.91. The van der Waals surface area contributed by atoms with Crippen molar-refractivity contribution in [2.24, 2.45) is 0 Å². The highest BCUT2D eigenvalue weighted by Crippen LogP contribution is 1.98. The van der Waals surface area contributed by atoms with Crippen LogP contribution in [-0.2, 0) is 0 Å². The number of hydrogen-bond acceptors (Lipinski definition) is 6. The predicted molar refractivity (Wildman–Crippen MR) is 133 cm³/mol. The standard InChI is InChI=1S/C11H26N2O.C6H14BrN.C5H13NO/c1-5-12(6-2)7-8-13(9-10-14)11(3)4;1-3-8(4-2)6-5-7;1-5(2)6-3-4-7/h11,14H,5-10H2,1-4H3;3-6H2,1-2H3;5-7H,3-4H2,1-2H3. The van der Waals surface area contributed by atoms with Crippen molar-refractivity contribution in [1.82, 2.24) is 20.0 Å². The van der Waals surface area contributed by atoms with Crippen LogP contribution in [0, 0.1) is 0 Å². The maximum Gasteiger partial charge on any atom is 0.0558 e. The average Bonchev–Trinajstić information content (AvgIpc) is 2.71. The third kappa shape index (κ3) is 26.2. The van der Waals surface area contributed by atoms with Crippen LogP contribution in [0.2, 0.25) is 0 Å². The zero-order chi connectivity index (χ0) is 23.1. The Morgan fingerprint density at radius 2 is 1.21 bits per heavy atom. The van der Waals surface area contributed by atoms with Crippen molar-refractivity contribution in [2.45, 2.75) is 67.5 Å². The summed E-state index contributed by atoms with van der Waals surface area (Å²) in [4.78, 5) is 7.11. The quantitative estimate of drug-likeness (QED) is 0.310. The molecule has 0 heterocycles. The van der Waals surface area contributed by atoms with Gasteiger partial charge in [0.05, 0.1) is 13.2 Å². The number of likely N-dealkylation sites (N-methyl/N-ethyl adjacent to an activating group) is 1. The lowest BCUT2D eigenvalue weighted by atomic mass is 10.3. The molecule has 0 aromatic carbocycles. The minimum Gasteiger partial charge on any atom is -0.395 e. The predicted octanol–water partition coefficient (Wildman–Crippen LogP) is 2.73. The minimum absolute atomic E-state index is 0.234. The van der Waals surface area contributed by atoms with Gasteiger partial charge in [-0.3, -0.25) is 4.90 Å². The molecule has 0 spiro atoms. The zero-order valence-corrected chi connectivity index (χ0v) is 22.3. The lowest BCUT2D eigenvalue weighted by molar-refractivity contribution is 0.146. The van der Waals surface area contributed by atoms with E-state index in [1.165, 1.54) is 19.6 Å². The number of alkyl halides is 1. The summed E-state index contributed by atoms with van der Waals surface area (Å²) in [5.74, 6) is 0. The molecule has 0 rings (SSSR count). The molecule has 0 atom stereocenters. The first-order chi connectivity index (χ1) is 13.8. The van der Waals surface area contributed by atoms with Crippen LogP contribution in [0.1, 0.15) is 55.4 Å². The van der Waals surface area contributed by atoms with E-state index in [4.69, 9.17) is 10.2 Å². The number of aliphatic hydroxyl groups is 2. The van der Waals surface area contributed by atoms with Crippen molar-refractivity contribution in [3.63, 3.8) is 0 Å². The van der Waals surface area contributed by atoms with Gasteiger partial charge < -0.3 is 25.3 Å². The summed E-state index contributed by atoms with van der Waals surface area (Å²) >= 11 is 3.39. The molecule has 0 saturated heterocycles. The Hall–Kier alpha value is 0.240. The summed E-state index contributed by atoms with van der Waals surface area (Å²) in [5.41, 5.74) is 0. The molecule has 0 radical (unpaired) electrons. The van der Waals surface area contributed by atoms with Crippen LogP contribution in [0.5, 0.6) is 0 Å². The second-order valence-electron chi connectivity index (χ2n) is 7.43. The van der Waals surface area contributed by atoms with Crippen LogP contribution in [0.25, 0.3) is 0 Å². The van der Waals surface area contributed by atoms with Crippen LogP contribution in [0.3, 0.4) is 0 Å². The maximum absolute atomic E-state index is 8.91. The number of rotatable bonds is 15. The summed E-state index contributed by atoms with van der Waals surface area (Å²) in [7, 11) is 0. The molecular weight excluding hydrogens is 432 g/mol. The average molecular weight is 486 g/mol. The number of nitrogens with one attached hydrogen (secondary N) is 1. The Balaban J connectivity index is -0.000000383. The monoisotopic (exact) mass is 484 g/mol. The van der Waals surface area contributed by atoms with E-state index < -0.39 is 0 Å². The molecule has 0 fully saturated rings. The minimum atomic E-state index is 0.234. The van der Waals surface area contributed by atoms with Crippen molar-refractivity contribution in [3.05, 3.63) is 0 Å². The number of halogens is 1. The van der Waals surface area contributed by atoms with Gasteiger partial charge >= 0.3 is 0 Å². The van der Waals surface area contributed by atoms with Gasteiger partial charge in [0, 0.05) is 50.1 Å². The number of aliphatic hydroxyl groups excluding tert-OH is 2. The molecule has 0 aliphatic rings. The summed E-state index contributed by atoms with van der Waals surface area (Å²) in [6, 6.07) is 1.02. The van der Waals surface area contributed by atoms with Gasteiger partial charge in [-0.2, -0.15) is 0 Å². The fraction of sp³-hybridized carbons (Fsp3) is 1.00. The summed E-state index contributed by atoms with van der Waals surface area (Å²) in [6.07, 6.45) is 0. The first kappa shape index (κ1) is 33.9. The third-order valence-corrected chi connectivity index (χ3v) is 5.03. The van der Waals surface area contributed by atoms with Crippen LogP contribution < -0.4 is 5.32 Å². The highest BCUT2D eigenvalue weighted by Gasteiger charge is 2.09. The van der Waals surface area contributed by atoms with Gasteiger partial charge in [-0.15, -0.1) is 0 Å². The Kier molecular flexibility index (Phi) is 30.7. The number of nitrogens with zero attached hydrogens (tertiary/aromatic N) is 3. The molecule has 6 nitrogen and oxygen atoms in total. The Morgan fingerprint density at radius 1 is 0.724 bits per heavy atom. The van der Waals surface area contributed by atoms with Crippen LogP contribution in [0.15, 0.2) is 0 Å². The highest BCUT2D eigenvalue weighted by atomic mass is 79.9. The fourth-order valence-electron chi connectivity index (χ4n) is 2.58. The molecule has 0 aromatic rings. The molecule has 0 saturated carbocycles. The van der Waals surface area contributed by atoms with Gasteiger partial charge in [0.1, 0.15) is 0 Å². The third-order valence-electron chi connectivity index (χ3n) is 4.67. The van der Waals surface area contributed by atoms with Crippen molar-refractivity contribution >= 4 is 15.9 Å². The molecule has 0 bridgehead atoms. The molecule has 0 aliphatic carbocycles. The largest absolute Gasteiger partial charge is 0.395 e. The molecular formula is C22H53BrN4O2. The second-order valence-corrected chi connectivity index (χ2v) is 8.22. The van der Waals surface area contributed by atoms with Crippen LogP contribution in [-0.4, -0.2) is 114 Å². The van der Waals surface area contributed by atoms with Crippen molar-refractivity contribution in [1.29, 1.82) is 0 Å². The van der Waals surface area contributed by atoms with E-state index >= 15 is 0 Å². The highest BCUT2D eigenvalue weighted by molar-refractivity contribution is 9.09. The molecule has 3 N–H and O–H groups in total. The van der Waals surface area contributed by atoms with E-state index in [0.717, 1.165) is 38.1 Å². The van der Waals surface area contributed by atoms with Crippen molar-refractivity contribution in [3.8, 4) is 0 Å². The summed E-state index contributed by atoms with van der Waals surface area (Å²) in [6.45, 7) is 27.1. The molecule has 0 amide bonds. The van der Waals surface area contributed by atoms with E-state index in [0.29, 0.717) is 18.6 Å². The Labute approximate surface area is 191 Å². The first-order valence-electron chi connectivity index (χ1n) is 11.5. The summed E-state index contributed by atoms with van der Waals surface area (Å²) < 4.78 is 0. The van der Waals surface area contributed by atoms with Crippen LogP contribution >= 0.6 is 15.9 Å². The Bertz CT molecular complexity index is 290. The van der Waals surface area contributed by atoms with Gasteiger partial charge in [0.15, 0.2) is 0 Å². The SMILES string of the molecule is CC(C)NCCO.CCN(CC)CCBr.CCN(CC)CCN(CCO)C(C)C. The van der Waals surface area contributed by atoms with Gasteiger partial charge in [0.2, 0.25) is 0 Å². The van der Waals surface area contributed by atoms with Gasteiger partial charge in [-0.1, -0.05) is 57.5 Å². The molecule has 29 heavy (non-hydrogen) atoms. The fourth-order valence-corrected chi connectivity index (χ4v) is 3.08. The first-order valence-corrected chi connectivity index (χ1v) is 12.6. The van der Waals surface area contributed by atoms with E-state index in [1.807, 2.05) is 0 Å². The van der Waals surface area contributed by atoms with E-state index in [2.05, 4.69) is 91.3 Å². The lowest BCUT2D eigenvalue weighted by Gasteiger charge is -2.28. The van der Waals surface area contributed by atoms with Gasteiger partial charge in [-0.05, 0) is 40.0 Å². The van der Waals surface area contributed by atoms with E-state index in [-0.39, 0.29) is 13.2 Å². The zero-order valence-electron chi connectivity index (χ0n) is 20.8. The number of hydrogen-bond donors (Lipinski definition) is 3. The van der Waals surface area contributed by atoms with Crippen LogP contribution in [0.4, 0.5) is 0 Å². The molecule has 7 heteroatoms. The lowest BCUT2D eigenvalue weighted by Crippen LogP contribution is -2.40. The normalized spacial score (nSPS) is 11.2. The smallest absolute Gasteiger partial charge is 0.0558 e. The second kappa shape index (κ2) is 26.3. The molecule has 0 aliphatic heterocycles. The van der Waals surface area contributed by atoms with Crippen molar-refractivity contribution < 1.29 is 10.2 Å². The topological polar surface area (TPSA) is 62.2 Å². The Morgan fingerprint density at radius 3 is 1.45 bits per heavy atom. The molecule has 0 unspecified atom stereocenters. The van der Waals surface area contributed by atoms with Gasteiger partial charge in [-0.25, -0.2) is 0 Å². The van der Waals surface area contributed by atoms with E-state index in [9.17, 15) is 0 Å².